The molecule has 0 aliphatic rings. The van der Waals surface area contributed by atoms with Crippen LogP contribution in [0.5, 0.6) is 23.0 Å². The van der Waals surface area contributed by atoms with E-state index in [0.717, 1.165) is 11.1 Å². The van der Waals surface area contributed by atoms with Gasteiger partial charge in [-0.3, -0.25) is 4.79 Å². The van der Waals surface area contributed by atoms with E-state index in [4.69, 9.17) is 19.9 Å². The van der Waals surface area contributed by atoms with Gasteiger partial charge in [0.2, 0.25) is 0 Å². The number of nitrogens with two attached hydrogens (primary N) is 1. The maximum absolute atomic E-state index is 12.8. The predicted octanol–water partition coefficient (Wildman–Crippen LogP) is 4.45. The standard InChI is InChI=1S/C24H26N2O4/c1-16(17-7-5-4-6-8-17)26-24(27)18-10-12-21(28-2)23(13-18)30-20-11-9-19(15-25)22(14-20)29-3/h4-14,16H,15,25H2,1-3H3,(H,26,27)/t16-/m1/s1. The number of benzene rings is 3. The maximum atomic E-state index is 12.8. The first kappa shape index (κ1) is 21.2. The van der Waals surface area contributed by atoms with Gasteiger partial charge in [0.1, 0.15) is 11.5 Å². The lowest BCUT2D eigenvalue weighted by molar-refractivity contribution is 0.0939. The largest absolute Gasteiger partial charge is 0.496 e. The lowest BCUT2D eigenvalue weighted by Crippen LogP contribution is -2.26. The Morgan fingerprint density at radius 1 is 0.933 bits per heavy atom. The zero-order valence-corrected chi connectivity index (χ0v) is 17.3. The van der Waals surface area contributed by atoms with E-state index in [1.807, 2.05) is 43.3 Å². The molecule has 1 atom stereocenters. The van der Waals surface area contributed by atoms with Crippen LogP contribution < -0.4 is 25.3 Å². The molecule has 30 heavy (non-hydrogen) atoms. The van der Waals surface area contributed by atoms with Gasteiger partial charge in [-0.15, -0.1) is 0 Å². The second-order valence-electron chi connectivity index (χ2n) is 6.75. The van der Waals surface area contributed by atoms with Crippen LogP contribution in [0.1, 0.15) is 34.5 Å². The zero-order valence-electron chi connectivity index (χ0n) is 17.3. The monoisotopic (exact) mass is 406 g/mol. The first-order valence-electron chi connectivity index (χ1n) is 9.64. The van der Waals surface area contributed by atoms with Crippen molar-refractivity contribution in [1.82, 2.24) is 5.32 Å². The van der Waals surface area contributed by atoms with Crippen molar-refractivity contribution < 1.29 is 19.0 Å². The van der Waals surface area contributed by atoms with E-state index in [1.165, 1.54) is 0 Å². The minimum absolute atomic E-state index is 0.127. The summed E-state index contributed by atoms with van der Waals surface area (Å²) in [6, 6.07) is 20.1. The van der Waals surface area contributed by atoms with Gasteiger partial charge >= 0.3 is 0 Å². The lowest BCUT2D eigenvalue weighted by atomic mass is 10.1. The molecule has 0 heterocycles. The van der Waals surface area contributed by atoms with Gasteiger partial charge in [-0.2, -0.15) is 0 Å². The number of nitrogens with one attached hydrogen (secondary N) is 1. The molecule has 0 aliphatic carbocycles. The highest BCUT2D eigenvalue weighted by Crippen LogP contribution is 2.34. The van der Waals surface area contributed by atoms with Crippen molar-refractivity contribution >= 4 is 5.91 Å². The SMILES string of the molecule is COc1cc(Oc2cc(C(=O)N[C@H](C)c3ccccc3)ccc2OC)ccc1CN. The van der Waals surface area contributed by atoms with E-state index in [1.54, 1.807) is 44.6 Å². The molecule has 0 spiro atoms. The number of carbonyl (C=O) groups excluding carboxylic acids is 1. The summed E-state index contributed by atoms with van der Waals surface area (Å²) in [6.07, 6.45) is 0. The highest BCUT2D eigenvalue weighted by atomic mass is 16.5. The van der Waals surface area contributed by atoms with Gasteiger partial charge in [-0.1, -0.05) is 36.4 Å². The van der Waals surface area contributed by atoms with Crippen LogP contribution in [-0.2, 0) is 6.54 Å². The zero-order chi connectivity index (χ0) is 21.5. The van der Waals surface area contributed by atoms with E-state index >= 15 is 0 Å². The van der Waals surface area contributed by atoms with Crippen LogP contribution in [0.25, 0.3) is 0 Å². The molecular formula is C24H26N2O4. The molecule has 6 heteroatoms. The Labute approximate surface area is 176 Å². The van der Waals surface area contributed by atoms with Crippen LogP contribution in [0.15, 0.2) is 66.7 Å². The van der Waals surface area contributed by atoms with Gasteiger partial charge in [0.25, 0.3) is 5.91 Å². The van der Waals surface area contributed by atoms with Crippen LogP contribution in [0.2, 0.25) is 0 Å². The lowest BCUT2D eigenvalue weighted by Gasteiger charge is -2.16. The Morgan fingerprint density at radius 2 is 1.67 bits per heavy atom. The molecule has 1 amide bonds. The van der Waals surface area contributed by atoms with Crippen LogP contribution in [-0.4, -0.2) is 20.1 Å². The van der Waals surface area contributed by atoms with Crippen molar-refractivity contribution in [2.45, 2.75) is 19.5 Å². The summed E-state index contributed by atoms with van der Waals surface area (Å²) in [6.45, 7) is 2.31. The summed E-state index contributed by atoms with van der Waals surface area (Å²) in [7, 11) is 3.13. The van der Waals surface area contributed by atoms with E-state index in [9.17, 15) is 4.79 Å². The van der Waals surface area contributed by atoms with E-state index < -0.39 is 0 Å². The second kappa shape index (κ2) is 9.80. The van der Waals surface area contributed by atoms with Crippen molar-refractivity contribution in [3.8, 4) is 23.0 Å². The number of ether oxygens (including phenoxy) is 3. The third-order valence-electron chi connectivity index (χ3n) is 4.78. The number of rotatable bonds is 8. The Kier molecular flexibility index (Phi) is 6.93. The smallest absolute Gasteiger partial charge is 0.251 e. The van der Waals surface area contributed by atoms with Gasteiger partial charge in [0.05, 0.1) is 20.3 Å². The molecule has 0 aliphatic heterocycles. The van der Waals surface area contributed by atoms with E-state index in [-0.39, 0.29) is 11.9 Å². The molecular weight excluding hydrogens is 380 g/mol. The number of hydrogen-bond donors (Lipinski definition) is 2. The Morgan fingerprint density at radius 3 is 2.33 bits per heavy atom. The summed E-state index contributed by atoms with van der Waals surface area (Å²) < 4.78 is 16.8. The van der Waals surface area contributed by atoms with Crippen molar-refractivity contribution in [3.63, 3.8) is 0 Å². The summed E-state index contributed by atoms with van der Waals surface area (Å²) >= 11 is 0. The molecule has 6 nitrogen and oxygen atoms in total. The van der Waals surface area contributed by atoms with Crippen LogP contribution in [0.4, 0.5) is 0 Å². The molecule has 0 saturated carbocycles. The van der Waals surface area contributed by atoms with Gasteiger partial charge in [0.15, 0.2) is 11.5 Å². The fourth-order valence-corrected chi connectivity index (χ4v) is 3.09. The fourth-order valence-electron chi connectivity index (χ4n) is 3.09. The summed E-state index contributed by atoms with van der Waals surface area (Å²) in [4.78, 5) is 12.8. The number of methoxy groups -OCH3 is 2. The number of carbonyl (C=O) groups is 1. The third-order valence-corrected chi connectivity index (χ3v) is 4.78. The molecule has 3 aromatic carbocycles. The van der Waals surface area contributed by atoms with Crippen molar-refractivity contribution in [3.05, 3.63) is 83.4 Å². The van der Waals surface area contributed by atoms with Crippen molar-refractivity contribution in [2.75, 3.05) is 14.2 Å². The van der Waals surface area contributed by atoms with Crippen LogP contribution in [0, 0.1) is 0 Å². The number of hydrogen-bond acceptors (Lipinski definition) is 5. The molecule has 156 valence electrons. The minimum atomic E-state index is -0.199. The Balaban J connectivity index is 1.82. The molecule has 3 N–H and O–H groups in total. The van der Waals surface area contributed by atoms with Crippen LogP contribution in [0.3, 0.4) is 0 Å². The highest BCUT2D eigenvalue weighted by molar-refractivity contribution is 5.95. The molecule has 3 rings (SSSR count). The average molecular weight is 406 g/mol. The molecule has 3 aromatic rings. The van der Waals surface area contributed by atoms with E-state index in [2.05, 4.69) is 5.32 Å². The highest BCUT2D eigenvalue weighted by Gasteiger charge is 2.15. The molecule has 0 saturated heterocycles. The van der Waals surface area contributed by atoms with Gasteiger partial charge in [-0.25, -0.2) is 0 Å². The summed E-state index contributed by atoms with van der Waals surface area (Å²) in [5, 5.41) is 3.01. The average Bonchev–Trinajstić information content (AvgIpc) is 2.79. The Hall–Kier alpha value is -3.51. The van der Waals surface area contributed by atoms with Gasteiger partial charge in [0, 0.05) is 23.7 Å². The fraction of sp³-hybridized carbons (Fsp3) is 0.208. The van der Waals surface area contributed by atoms with Gasteiger partial charge in [-0.05, 0) is 36.8 Å². The summed E-state index contributed by atoms with van der Waals surface area (Å²) in [5.41, 5.74) is 8.10. The maximum Gasteiger partial charge on any atom is 0.251 e. The quantitative estimate of drug-likeness (QED) is 0.578. The Bertz CT molecular complexity index is 1010. The second-order valence-corrected chi connectivity index (χ2v) is 6.75. The molecule has 0 radical (unpaired) electrons. The molecule has 0 bridgehead atoms. The number of amides is 1. The topological polar surface area (TPSA) is 82.8 Å². The predicted molar refractivity (Wildman–Crippen MR) is 116 cm³/mol. The molecule has 0 aromatic heterocycles. The van der Waals surface area contributed by atoms with Gasteiger partial charge < -0.3 is 25.3 Å². The molecule has 0 unspecified atom stereocenters. The van der Waals surface area contributed by atoms with Crippen molar-refractivity contribution in [1.29, 1.82) is 0 Å². The molecule has 0 fully saturated rings. The minimum Gasteiger partial charge on any atom is -0.496 e. The van der Waals surface area contributed by atoms with E-state index in [0.29, 0.717) is 35.1 Å². The van der Waals surface area contributed by atoms with Crippen LogP contribution >= 0.6 is 0 Å². The normalized spacial score (nSPS) is 11.5. The third kappa shape index (κ3) is 4.90. The van der Waals surface area contributed by atoms with Crippen molar-refractivity contribution in [2.24, 2.45) is 5.73 Å². The first-order chi connectivity index (χ1) is 14.5. The summed E-state index contributed by atoms with van der Waals surface area (Å²) in [5.74, 6) is 1.94. The first-order valence-corrected chi connectivity index (χ1v) is 9.64.